The lowest BCUT2D eigenvalue weighted by Crippen LogP contribution is -1.81. The van der Waals surface area contributed by atoms with E-state index in [9.17, 15) is 0 Å². The van der Waals surface area contributed by atoms with Gasteiger partial charge in [-0.3, -0.25) is 0 Å². The second-order valence-electron chi connectivity index (χ2n) is 5.46. The number of H-pyrrole nitrogens is 1. The van der Waals surface area contributed by atoms with E-state index in [1.54, 1.807) is 0 Å². The standard InChI is InChI=1S/C10H11N.C9H9N/c1-8-7-11(2)10-6-4-3-5-9(8)10;1-7-6-10-9-5-3-2-4-8(7)9/h3-7H,1-2H3;2-6,10H,1H3. The first-order valence-corrected chi connectivity index (χ1v) is 7.20. The Morgan fingerprint density at radius 1 is 0.810 bits per heavy atom. The van der Waals surface area contributed by atoms with Crippen LogP contribution in [0.25, 0.3) is 21.8 Å². The Labute approximate surface area is 125 Å². The number of aromatic amines is 1. The molecule has 4 rings (SSSR count). The number of hydrogen-bond donors (Lipinski definition) is 1. The van der Waals surface area contributed by atoms with Crippen LogP contribution in [-0.4, -0.2) is 9.55 Å². The summed E-state index contributed by atoms with van der Waals surface area (Å²) < 4.78 is 2.16. The van der Waals surface area contributed by atoms with E-state index >= 15 is 0 Å². The number of para-hydroxylation sites is 2. The Kier molecular flexibility index (Phi) is 3.53. The molecular weight excluding hydrogens is 256 g/mol. The smallest absolute Gasteiger partial charge is 0.0480 e. The molecule has 21 heavy (non-hydrogen) atoms. The summed E-state index contributed by atoms with van der Waals surface area (Å²) >= 11 is 0. The Hall–Kier alpha value is -2.48. The zero-order chi connectivity index (χ0) is 14.8. The number of fused-ring (bicyclic) bond motifs is 2. The highest BCUT2D eigenvalue weighted by molar-refractivity contribution is 5.83. The molecule has 0 saturated heterocycles. The molecule has 0 amide bonds. The number of nitrogens with zero attached hydrogens (tertiary/aromatic N) is 1. The minimum atomic E-state index is 1.22. The zero-order valence-electron chi connectivity index (χ0n) is 12.7. The third-order valence-corrected chi connectivity index (χ3v) is 3.89. The van der Waals surface area contributed by atoms with Crippen LogP contribution in [0.5, 0.6) is 0 Å². The van der Waals surface area contributed by atoms with Crippen molar-refractivity contribution in [2.24, 2.45) is 7.05 Å². The van der Waals surface area contributed by atoms with Gasteiger partial charge in [0.2, 0.25) is 0 Å². The predicted molar refractivity (Wildman–Crippen MR) is 90.7 cm³/mol. The minimum absolute atomic E-state index is 1.22. The molecule has 0 radical (unpaired) electrons. The molecule has 1 N–H and O–H groups in total. The van der Waals surface area contributed by atoms with Crippen LogP contribution in [0.2, 0.25) is 0 Å². The number of rotatable bonds is 0. The van der Waals surface area contributed by atoms with Gasteiger partial charge in [-0.25, -0.2) is 0 Å². The molecule has 0 aliphatic carbocycles. The summed E-state index contributed by atoms with van der Waals surface area (Å²) in [5.41, 5.74) is 5.20. The molecule has 2 aromatic carbocycles. The number of nitrogens with one attached hydrogen (secondary N) is 1. The quantitative estimate of drug-likeness (QED) is 0.468. The van der Waals surface area contributed by atoms with E-state index in [4.69, 9.17) is 0 Å². The molecule has 0 aliphatic rings. The maximum Gasteiger partial charge on any atom is 0.0480 e. The van der Waals surface area contributed by atoms with Gasteiger partial charge in [0.05, 0.1) is 0 Å². The average Bonchev–Trinajstić information content (AvgIpc) is 3.02. The first-order valence-electron chi connectivity index (χ1n) is 7.20. The van der Waals surface area contributed by atoms with Gasteiger partial charge in [-0.1, -0.05) is 36.4 Å². The van der Waals surface area contributed by atoms with Crippen molar-refractivity contribution in [2.45, 2.75) is 13.8 Å². The maximum absolute atomic E-state index is 3.19. The van der Waals surface area contributed by atoms with Crippen LogP contribution in [0.3, 0.4) is 0 Å². The lowest BCUT2D eigenvalue weighted by Gasteiger charge is -1.92. The van der Waals surface area contributed by atoms with Gasteiger partial charge in [0, 0.05) is 41.2 Å². The summed E-state index contributed by atoms with van der Waals surface area (Å²) in [6, 6.07) is 16.8. The van der Waals surface area contributed by atoms with Crippen molar-refractivity contribution < 1.29 is 0 Å². The van der Waals surface area contributed by atoms with Gasteiger partial charge < -0.3 is 9.55 Å². The van der Waals surface area contributed by atoms with Crippen LogP contribution in [0.15, 0.2) is 60.9 Å². The minimum Gasteiger partial charge on any atom is -0.361 e. The van der Waals surface area contributed by atoms with E-state index in [2.05, 4.69) is 79.1 Å². The summed E-state index contributed by atoms with van der Waals surface area (Å²) in [5, 5.41) is 2.68. The molecule has 2 heteroatoms. The van der Waals surface area contributed by atoms with E-state index in [1.807, 2.05) is 12.3 Å². The zero-order valence-corrected chi connectivity index (χ0v) is 12.7. The average molecular weight is 276 g/mol. The van der Waals surface area contributed by atoms with Crippen LogP contribution in [0, 0.1) is 13.8 Å². The van der Waals surface area contributed by atoms with Crippen LogP contribution in [-0.2, 0) is 7.05 Å². The molecule has 2 aromatic heterocycles. The maximum atomic E-state index is 3.19. The summed E-state index contributed by atoms with van der Waals surface area (Å²) in [4.78, 5) is 3.19. The molecule has 0 aliphatic heterocycles. The first-order chi connectivity index (χ1) is 10.2. The fraction of sp³-hybridized carbons (Fsp3) is 0.158. The predicted octanol–water partition coefficient (Wildman–Crippen LogP) is 4.96. The third-order valence-electron chi connectivity index (χ3n) is 3.89. The van der Waals surface area contributed by atoms with E-state index < -0.39 is 0 Å². The van der Waals surface area contributed by atoms with Crippen molar-refractivity contribution >= 4 is 21.8 Å². The van der Waals surface area contributed by atoms with Gasteiger partial charge in [-0.05, 0) is 37.1 Å². The van der Waals surface area contributed by atoms with E-state index in [0.29, 0.717) is 0 Å². The van der Waals surface area contributed by atoms with Crippen molar-refractivity contribution in [1.82, 2.24) is 9.55 Å². The Balaban J connectivity index is 0.000000126. The monoisotopic (exact) mass is 276 g/mol. The normalized spacial score (nSPS) is 10.6. The van der Waals surface area contributed by atoms with Crippen LogP contribution >= 0.6 is 0 Å². The summed E-state index contributed by atoms with van der Waals surface area (Å²) in [5.74, 6) is 0. The van der Waals surface area contributed by atoms with E-state index in [1.165, 1.54) is 32.9 Å². The van der Waals surface area contributed by atoms with Crippen molar-refractivity contribution in [3.05, 3.63) is 72.1 Å². The van der Waals surface area contributed by atoms with Crippen LogP contribution in [0.4, 0.5) is 0 Å². The van der Waals surface area contributed by atoms with Gasteiger partial charge >= 0.3 is 0 Å². The van der Waals surface area contributed by atoms with E-state index in [-0.39, 0.29) is 0 Å². The molecule has 0 bridgehead atoms. The largest absolute Gasteiger partial charge is 0.361 e. The molecule has 0 spiro atoms. The topological polar surface area (TPSA) is 20.7 Å². The summed E-state index contributed by atoms with van der Waals surface area (Å²) in [6.07, 6.45) is 4.19. The number of aromatic nitrogens is 2. The SMILES string of the molecule is Cc1c[nH]c2ccccc12.Cc1cn(C)c2ccccc12. The van der Waals surface area contributed by atoms with Gasteiger partial charge in [0.15, 0.2) is 0 Å². The Morgan fingerprint density at radius 2 is 1.48 bits per heavy atom. The first kappa shape index (κ1) is 13.5. The molecule has 0 fully saturated rings. The van der Waals surface area contributed by atoms with Gasteiger partial charge in [-0.2, -0.15) is 0 Å². The van der Waals surface area contributed by atoms with E-state index in [0.717, 1.165) is 0 Å². The van der Waals surface area contributed by atoms with Crippen LogP contribution < -0.4 is 0 Å². The van der Waals surface area contributed by atoms with Gasteiger partial charge in [-0.15, -0.1) is 0 Å². The van der Waals surface area contributed by atoms with Gasteiger partial charge in [0.25, 0.3) is 0 Å². The molecule has 4 aromatic rings. The highest BCUT2D eigenvalue weighted by Crippen LogP contribution is 2.18. The molecule has 0 atom stereocenters. The lowest BCUT2D eigenvalue weighted by atomic mass is 10.2. The molecular formula is C19H20N2. The number of hydrogen-bond acceptors (Lipinski definition) is 0. The second kappa shape index (κ2) is 5.49. The van der Waals surface area contributed by atoms with Crippen LogP contribution in [0.1, 0.15) is 11.1 Å². The fourth-order valence-corrected chi connectivity index (χ4v) is 2.76. The number of aryl methyl sites for hydroxylation is 3. The summed E-state index contributed by atoms with van der Waals surface area (Å²) in [7, 11) is 2.08. The van der Waals surface area contributed by atoms with Crippen molar-refractivity contribution in [3.8, 4) is 0 Å². The lowest BCUT2D eigenvalue weighted by molar-refractivity contribution is 0.964. The van der Waals surface area contributed by atoms with Crippen molar-refractivity contribution in [2.75, 3.05) is 0 Å². The van der Waals surface area contributed by atoms with Crippen molar-refractivity contribution in [1.29, 1.82) is 0 Å². The van der Waals surface area contributed by atoms with Gasteiger partial charge in [0.1, 0.15) is 0 Å². The highest BCUT2D eigenvalue weighted by atomic mass is 14.9. The molecule has 0 saturated carbocycles. The molecule has 106 valence electrons. The summed E-state index contributed by atoms with van der Waals surface area (Å²) in [6.45, 7) is 4.25. The highest BCUT2D eigenvalue weighted by Gasteiger charge is 1.99. The fourth-order valence-electron chi connectivity index (χ4n) is 2.76. The Bertz CT molecular complexity index is 845. The third kappa shape index (κ3) is 2.57. The number of benzene rings is 2. The Morgan fingerprint density at radius 3 is 2.19 bits per heavy atom. The molecule has 2 heterocycles. The molecule has 0 unspecified atom stereocenters. The second-order valence-corrected chi connectivity index (χ2v) is 5.46. The molecule has 2 nitrogen and oxygen atoms in total. The van der Waals surface area contributed by atoms with Crippen molar-refractivity contribution in [3.63, 3.8) is 0 Å².